The number of hydrogen-bond donors (Lipinski definition) is 2. The fourth-order valence-corrected chi connectivity index (χ4v) is 7.28. The Morgan fingerprint density at radius 2 is 1.72 bits per heavy atom. The van der Waals surface area contributed by atoms with Crippen LogP contribution in [0.3, 0.4) is 0 Å². The second-order valence-corrected chi connectivity index (χ2v) is 14.3. The Labute approximate surface area is 315 Å². The van der Waals surface area contributed by atoms with Gasteiger partial charge in [-0.25, -0.2) is 14.4 Å². The molecule has 2 bridgehead atoms. The fraction of sp³-hybridized carbons (Fsp3) is 0.590. The summed E-state index contributed by atoms with van der Waals surface area (Å²) >= 11 is 0. The monoisotopic (exact) mass is 756 g/mol. The Balaban J connectivity index is 1.80. The number of rotatable bonds is 17. The molecule has 54 heavy (non-hydrogen) atoms. The average molecular weight is 757 g/mol. The van der Waals surface area contributed by atoms with Crippen LogP contribution in [0.25, 0.3) is 0 Å². The van der Waals surface area contributed by atoms with E-state index in [0.717, 1.165) is 38.7 Å². The molecule has 15 nitrogen and oxygen atoms in total. The predicted octanol–water partition coefficient (Wildman–Crippen LogP) is 4.04. The van der Waals surface area contributed by atoms with Gasteiger partial charge in [0, 0.05) is 32.3 Å². The highest BCUT2D eigenvalue weighted by Gasteiger charge is 2.86. The molecule has 2 aliphatic heterocycles. The molecule has 1 aromatic carbocycles. The average Bonchev–Trinajstić information content (AvgIpc) is 3.67. The minimum Gasteiger partial charge on any atom is -0.467 e. The van der Waals surface area contributed by atoms with Crippen LogP contribution < -0.4 is 0 Å². The van der Waals surface area contributed by atoms with E-state index in [1.165, 1.54) is 13.8 Å². The van der Waals surface area contributed by atoms with Crippen LogP contribution in [0.15, 0.2) is 59.1 Å². The van der Waals surface area contributed by atoms with E-state index in [0.29, 0.717) is 17.9 Å². The van der Waals surface area contributed by atoms with Crippen LogP contribution in [0.5, 0.6) is 0 Å². The zero-order valence-electron chi connectivity index (χ0n) is 32.1. The maximum atomic E-state index is 14.1. The summed E-state index contributed by atoms with van der Waals surface area (Å²) in [5.41, 5.74) is -4.87. The molecule has 0 amide bonds. The second-order valence-electron chi connectivity index (χ2n) is 14.3. The van der Waals surface area contributed by atoms with Gasteiger partial charge in [0.1, 0.15) is 12.2 Å². The van der Waals surface area contributed by atoms with Crippen molar-refractivity contribution in [3.8, 4) is 0 Å². The molecule has 296 valence electrons. The Kier molecular flexibility index (Phi) is 13.6. The topological polar surface area (TPSA) is 203 Å². The lowest BCUT2D eigenvalue weighted by atomic mass is 9.74. The number of allylic oxidation sites excluding steroid dienone is 1. The zero-order valence-corrected chi connectivity index (χ0v) is 32.1. The first-order valence-electron chi connectivity index (χ1n) is 18.0. The molecule has 2 fully saturated rings. The summed E-state index contributed by atoms with van der Waals surface area (Å²) < 4.78 is 39.7. The number of esters is 4. The molecule has 2 saturated heterocycles. The van der Waals surface area contributed by atoms with E-state index >= 15 is 0 Å². The first kappa shape index (κ1) is 42.3. The number of ether oxygens (including phenoxy) is 6. The summed E-state index contributed by atoms with van der Waals surface area (Å²) in [6.07, 6.45) is -2.44. The van der Waals surface area contributed by atoms with Crippen LogP contribution in [-0.2, 0) is 54.0 Å². The summed E-state index contributed by atoms with van der Waals surface area (Å²) in [5.74, 6) is -7.19. The van der Waals surface area contributed by atoms with Crippen LogP contribution in [-0.4, -0.2) is 93.8 Å². The Morgan fingerprint density at radius 3 is 2.30 bits per heavy atom. The van der Waals surface area contributed by atoms with Crippen molar-refractivity contribution in [2.75, 3.05) is 14.2 Å². The standard InChI is InChI=1S/C39H52N2O13/c1-10-22(2)20-23(3)16-17-29(43)52-32-31(44)37(19-18-24(4)30(51-27(7)42)25(5)21-28-14-12-11-13-15-28)53-33(34-41-40-26(6)50-34)38(47,35(45)48-8)39(32,54-37)36(46)49-9/h11-17,22-23,25,30-33,44,47H,4,10,18-21H2,1-3,5-9H3/b17-16+/t22-,23+,25+,30+,31+,32+,33?,37-,38+,39-/m0/s1. The van der Waals surface area contributed by atoms with E-state index in [1.807, 2.05) is 44.2 Å². The summed E-state index contributed by atoms with van der Waals surface area (Å²) in [4.78, 5) is 53.5. The molecule has 4 rings (SSSR count). The molecular weight excluding hydrogens is 704 g/mol. The van der Waals surface area contributed by atoms with Crippen LogP contribution in [0.4, 0.5) is 0 Å². The summed E-state index contributed by atoms with van der Waals surface area (Å²) in [6.45, 7) is 14.9. The van der Waals surface area contributed by atoms with Gasteiger partial charge in [-0.2, -0.15) is 0 Å². The maximum Gasteiger partial charge on any atom is 0.346 e. The molecule has 2 N–H and O–H groups in total. The number of carbonyl (C=O) groups is 4. The van der Waals surface area contributed by atoms with Crippen molar-refractivity contribution in [3.05, 3.63) is 72.0 Å². The second kappa shape index (κ2) is 17.4. The van der Waals surface area contributed by atoms with E-state index in [9.17, 15) is 29.4 Å². The minimum atomic E-state index is -3.24. The first-order valence-corrected chi connectivity index (χ1v) is 18.0. The quantitative estimate of drug-likeness (QED) is 0.101. The van der Waals surface area contributed by atoms with Gasteiger partial charge in [0.2, 0.25) is 23.2 Å². The van der Waals surface area contributed by atoms with E-state index in [4.69, 9.17) is 32.8 Å². The highest BCUT2D eigenvalue weighted by molar-refractivity contribution is 5.95. The molecule has 2 aliphatic rings. The van der Waals surface area contributed by atoms with Gasteiger partial charge >= 0.3 is 23.9 Å². The van der Waals surface area contributed by atoms with Crippen molar-refractivity contribution < 1.29 is 62.2 Å². The predicted molar refractivity (Wildman–Crippen MR) is 190 cm³/mol. The lowest BCUT2D eigenvalue weighted by molar-refractivity contribution is -0.386. The molecule has 15 heteroatoms. The van der Waals surface area contributed by atoms with Gasteiger partial charge in [-0.05, 0) is 42.2 Å². The molecule has 2 aromatic rings. The normalized spacial score (nSPS) is 28.4. The number of aliphatic hydroxyl groups excluding tert-OH is 1. The van der Waals surface area contributed by atoms with Crippen molar-refractivity contribution in [2.45, 2.75) is 115 Å². The number of methoxy groups -OCH3 is 2. The highest BCUT2D eigenvalue weighted by atomic mass is 16.8. The first-order chi connectivity index (χ1) is 25.5. The van der Waals surface area contributed by atoms with Gasteiger partial charge < -0.3 is 43.1 Å². The summed E-state index contributed by atoms with van der Waals surface area (Å²) in [7, 11) is 1.90. The van der Waals surface area contributed by atoms with Gasteiger partial charge in [0.15, 0.2) is 12.2 Å². The summed E-state index contributed by atoms with van der Waals surface area (Å²) in [5, 5.41) is 32.4. The number of aliphatic hydroxyl groups is 2. The van der Waals surface area contributed by atoms with E-state index < -0.39 is 71.2 Å². The molecule has 1 unspecified atom stereocenters. The van der Waals surface area contributed by atoms with Crippen molar-refractivity contribution in [3.63, 3.8) is 0 Å². The lowest BCUT2D eigenvalue weighted by Gasteiger charge is -2.49. The van der Waals surface area contributed by atoms with Crippen LogP contribution in [0.2, 0.25) is 0 Å². The van der Waals surface area contributed by atoms with Gasteiger partial charge in [0.05, 0.1) is 14.2 Å². The van der Waals surface area contributed by atoms with Crippen LogP contribution in [0.1, 0.15) is 83.8 Å². The van der Waals surface area contributed by atoms with Gasteiger partial charge in [-0.3, -0.25) is 4.79 Å². The van der Waals surface area contributed by atoms with E-state index in [1.54, 1.807) is 6.08 Å². The van der Waals surface area contributed by atoms with Gasteiger partial charge in [0.25, 0.3) is 5.60 Å². The largest absolute Gasteiger partial charge is 0.467 e. The SMILES string of the molecule is C=C(CC[C@]12OC(c3nnc(C)o3)[C@@](O)(C(=O)OC)[C@](C(=O)OC)(O1)[C@H](OC(=O)/C=C/[C@@H](C)C[C@@H](C)CC)[C@H]2O)[C@@H](OC(C)=O)[C@H](C)Cc1ccccc1. The third-order valence-corrected chi connectivity index (χ3v) is 10.2. The molecule has 0 spiro atoms. The van der Waals surface area contributed by atoms with Crippen molar-refractivity contribution >= 4 is 23.9 Å². The molecular formula is C39H52N2O13. The Bertz CT molecular complexity index is 1690. The fourth-order valence-electron chi connectivity index (χ4n) is 7.28. The third-order valence-electron chi connectivity index (χ3n) is 10.2. The van der Waals surface area contributed by atoms with Gasteiger partial charge in [-0.1, -0.05) is 77.1 Å². The molecule has 10 atom stereocenters. The van der Waals surface area contributed by atoms with Crippen molar-refractivity contribution in [1.82, 2.24) is 10.2 Å². The number of aryl methyl sites for hydroxylation is 1. The minimum absolute atomic E-state index is 0.00556. The summed E-state index contributed by atoms with van der Waals surface area (Å²) in [6, 6.07) is 9.57. The smallest absolute Gasteiger partial charge is 0.346 e. The maximum absolute atomic E-state index is 14.1. The molecule has 0 aliphatic carbocycles. The number of benzene rings is 1. The van der Waals surface area contributed by atoms with Crippen molar-refractivity contribution in [1.29, 1.82) is 0 Å². The van der Waals surface area contributed by atoms with E-state index in [2.05, 4.69) is 30.6 Å². The van der Waals surface area contributed by atoms with Crippen LogP contribution >= 0.6 is 0 Å². The van der Waals surface area contributed by atoms with E-state index in [-0.39, 0.29) is 30.6 Å². The number of carbonyl (C=O) groups excluding carboxylic acids is 4. The van der Waals surface area contributed by atoms with Crippen molar-refractivity contribution in [2.24, 2.45) is 17.8 Å². The zero-order chi connectivity index (χ0) is 40.0. The molecule has 1 aromatic heterocycles. The number of nitrogens with zero attached hydrogens (tertiary/aromatic N) is 2. The number of fused-ring (bicyclic) bond motifs is 2. The molecule has 3 heterocycles. The number of aromatic nitrogens is 2. The number of hydrogen-bond acceptors (Lipinski definition) is 15. The Morgan fingerprint density at radius 1 is 1.06 bits per heavy atom. The highest BCUT2D eigenvalue weighted by Crippen LogP contribution is 2.60. The molecule has 0 saturated carbocycles. The lowest BCUT2D eigenvalue weighted by Crippen LogP contribution is -2.74. The third kappa shape index (κ3) is 8.28. The molecule has 0 radical (unpaired) electrons. The Hall–Kier alpha value is -4.44. The van der Waals surface area contributed by atoms with Crippen LogP contribution in [0, 0.1) is 24.7 Å². The van der Waals surface area contributed by atoms with Gasteiger partial charge in [-0.15, -0.1) is 10.2 Å².